The summed E-state index contributed by atoms with van der Waals surface area (Å²) in [6, 6.07) is 7.92. The van der Waals surface area contributed by atoms with Gasteiger partial charge in [-0.2, -0.15) is 13.2 Å². The number of amides is 1. The number of nitrogens with zero attached hydrogens (tertiary/aromatic N) is 2. The summed E-state index contributed by atoms with van der Waals surface area (Å²) in [7, 11) is 0. The van der Waals surface area contributed by atoms with Crippen LogP contribution in [0.4, 0.5) is 13.2 Å². The third kappa shape index (κ3) is 5.06. The number of rotatable bonds is 8. The predicted octanol–water partition coefficient (Wildman–Crippen LogP) is 5.54. The Balaban J connectivity index is 1.42. The molecular formula is C35H39F3N2O5. The van der Waals surface area contributed by atoms with Crippen LogP contribution in [0.15, 0.2) is 55.1 Å². The summed E-state index contributed by atoms with van der Waals surface area (Å²) in [6.07, 6.45) is 1.52. The molecule has 2 aliphatic heterocycles. The number of likely N-dealkylation sites (tertiary alicyclic amines) is 1. The summed E-state index contributed by atoms with van der Waals surface area (Å²) in [5.74, 6) is -0.00251. The number of carbonyl (C=O) groups is 2. The van der Waals surface area contributed by atoms with E-state index >= 15 is 0 Å². The van der Waals surface area contributed by atoms with Crippen LogP contribution in [0, 0.1) is 5.92 Å². The van der Waals surface area contributed by atoms with Crippen LogP contribution in [-0.2, 0) is 27.6 Å². The molecule has 6 rings (SSSR count). The lowest BCUT2D eigenvalue weighted by atomic mass is 9.48. The van der Waals surface area contributed by atoms with Gasteiger partial charge in [0.25, 0.3) is 0 Å². The minimum Gasteiger partial charge on any atom is -0.483 e. The molecule has 10 heteroatoms. The molecule has 0 aromatic heterocycles. The van der Waals surface area contributed by atoms with Gasteiger partial charge in [-0.3, -0.25) is 14.5 Å². The van der Waals surface area contributed by atoms with E-state index in [1.165, 1.54) is 31.2 Å². The number of hydrogen-bond acceptors (Lipinski definition) is 6. The molecule has 1 saturated carbocycles. The highest BCUT2D eigenvalue weighted by Crippen LogP contribution is 2.66. The zero-order valence-electron chi connectivity index (χ0n) is 25.8. The molecule has 2 aromatic carbocycles. The highest BCUT2D eigenvalue weighted by Gasteiger charge is 2.73. The Morgan fingerprint density at radius 2 is 2.02 bits per heavy atom. The number of aliphatic hydroxyl groups is 1. The SMILES string of the molecule is C=CCN1CC[C@]23c4c5ccc(OC(C)=O)c4O[C@H]2[C@@H](N(CC(C)C)C(=O)C=Cc2cccc(C(F)(F)F)c2)CC[C@@]3(O)[C@H]1C5. The van der Waals surface area contributed by atoms with Crippen molar-refractivity contribution in [2.75, 3.05) is 19.6 Å². The van der Waals surface area contributed by atoms with E-state index in [0.717, 1.165) is 23.3 Å². The van der Waals surface area contributed by atoms with Gasteiger partial charge in [0.2, 0.25) is 5.91 Å². The maximum atomic E-state index is 14.0. The molecule has 4 aliphatic rings. The van der Waals surface area contributed by atoms with Crippen molar-refractivity contribution in [2.45, 2.75) is 81.8 Å². The predicted molar refractivity (Wildman–Crippen MR) is 163 cm³/mol. The van der Waals surface area contributed by atoms with E-state index in [1.807, 2.05) is 26.0 Å². The fourth-order valence-electron chi connectivity index (χ4n) is 8.40. The maximum absolute atomic E-state index is 14.0. The van der Waals surface area contributed by atoms with Crippen LogP contribution in [0.1, 0.15) is 62.3 Å². The van der Waals surface area contributed by atoms with Crippen molar-refractivity contribution in [2.24, 2.45) is 5.92 Å². The van der Waals surface area contributed by atoms with Gasteiger partial charge < -0.3 is 19.5 Å². The van der Waals surface area contributed by atoms with E-state index in [2.05, 4.69) is 11.5 Å². The number of ether oxygens (including phenoxy) is 2. The number of esters is 1. The zero-order chi connectivity index (χ0) is 32.3. The maximum Gasteiger partial charge on any atom is 0.416 e. The van der Waals surface area contributed by atoms with Crippen molar-refractivity contribution in [1.82, 2.24) is 9.80 Å². The van der Waals surface area contributed by atoms with Crippen LogP contribution in [0.25, 0.3) is 6.08 Å². The molecule has 2 bridgehead atoms. The van der Waals surface area contributed by atoms with Gasteiger partial charge >= 0.3 is 12.1 Å². The van der Waals surface area contributed by atoms with Crippen LogP contribution >= 0.6 is 0 Å². The summed E-state index contributed by atoms with van der Waals surface area (Å²) in [5.41, 5.74) is -0.638. The molecule has 2 aromatic rings. The van der Waals surface area contributed by atoms with Gasteiger partial charge in [-0.15, -0.1) is 6.58 Å². The highest BCUT2D eigenvalue weighted by molar-refractivity contribution is 5.92. The molecule has 45 heavy (non-hydrogen) atoms. The first-order chi connectivity index (χ1) is 21.3. The van der Waals surface area contributed by atoms with E-state index in [9.17, 15) is 27.9 Å². The lowest BCUT2D eigenvalue weighted by Crippen LogP contribution is -2.78. The molecule has 0 radical (unpaired) electrons. The summed E-state index contributed by atoms with van der Waals surface area (Å²) >= 11 is 0. The largest absolute Gasteiger partial charge is 0.483 e. The molecule has 1 N–H and O–H groups in total. The van der Waals surface area contributed by atoms with Gasteiger partial charge in [0.05, 0.1) is 22.6 Å². The highest BCUT2D eigenvalue weighted by atomic mass is 19.4. The van der Waals surface area contributed by atoms with Gasteiger partial charge in [0.15, 0.2) is 11.5 Å². The van der Waals surface area contributed by atoms with Gasteiger partial charge in [0.1, 0.15) is 6.10 Å². The molecular weight excluding hydrogens is 585 g/mol. The number of carbonyl (C=O) groups excluding carboxylic acids is 2. The second-order valence-corrected chi connectivity index (χ2v) is 13.2. The third-order valence-electron chi connectivity index (χ3n) is 10.0. The zero-order valence-corrected chi connectivity index (χ0v) is 25.8. The summed E-state index contributed by atoms with van der Waals surface area (Å²) in [6.45, 7) is 11.0. The molecule has 5 atom stereocenters. The second-order valence-electron chi connectivity index (χ2n) is 13.2. The second kappa shape index (κ2) is 11.3. The van der Waals surface area contributed by atoms with E-state index in [4.69, 9.17) is 9.47 Å². The Bertz CT molecular complexity index is 1550. The van der Waals surface area contributed by atoms with Gasteiger partial charge in [-0.25, -0.2) is 0 Å². The molecule has 2 aliphatic carbocycles. The Kier molecular flexibility index (Phi) is 7.88. The molecule has 240 valence electrons. The minimum atomic E-state index is -4.49. The molecule has 7 nitrogen and oxygen atoms in total. The van der Waals surface area contributed by atoms with E-state index in [0.29, 0.717) is 56.8 Å². The van der Waals surface area contributed by atoms with E-state index in [1.54, 1.807) is 11.0 Å². The van der Waals surface area contributed by atoms with Crippen molar-refractivity contribution >= 4 is 18.0 Å². The monoisotopic (exact) mass is 624 g/mol. The fourth-order valence-corrected chi connectivity index (χ4v) is 8.40. The molecule has 1 saturated heterocycles. The van der Waals surface area contributed by atoms with Gasteiger partial charge in [0, 0.05) is 37.7 Å². The van der Waals surface area contributed by atoms with Crippen molar-refractivity contribution in [1.29, 1.82) is 0 Å². The van der Waals surface area contributed by atoms with Crippen LogP contribution in [0.3, 0.4) is 0 Å². The molecule has 1 amide bonds. The van der Waals surface area contributed by atoms with Crippen LogP contribution in [0.5, 0.6) is 11.5 Å². The van der Waals surface area contributed by atoms with Crippen molar-refractivity contribution in [3.8, 4) is 11.5 Å². The number of piperidine rings is 1. The summed E-state index contributed by atoms with van der Waals surface area (Å²) < 4.78 is 52.3. The summed E-state index contributed by atoms with van der Waals surface area (Å²) in [5, 5.41) is 12.8. The Labute approximate surface area is 261 Å². The molecule has 1 spiro atoms. The average molecular weight is 625 g/mol. The number of alkyl halides is 3. The van der Waals surface area contributed by atoms with Crippen molar-refractivity contribution in [3.05, 3.63) is 77.4 Å². The topological polar surface area (TPSA) is 79.3 Å². The Morgan fingerprint density at radius 1 is 1.24 bits per heavy atom. The quantitative estimate of drug-likeness (QED) is 0.180. The lowest BCUT2D eigenvalue weighted by molar-refractivity contribution is -0.199. The minimum absolute atomic E-state index is 0.0821. The van der Waals surface area contributed by atoms with Gasteiger partial charge in [-0.1, -0.05) is 38.1 Å². The Hall–Kier alpha value is -3.63. The van der Waals surface area contributed by atoms with Crippen molar-refractivity contribution in [3.63, 3.8) is 0 Å². The lowest BCUT2D eigenvalue weighted by Gasteiger charge is -2.64. The first kappa shape index (κ1) is 31.4. The summed E-state index contributed by atoms with van der Waals surface area (Å²) in [4.78, 5) is 30.1. The first-order valence-corrected chi connectivity index (χ1v) is 15.5. The smallest absolute Gasteiger partial charge is 0.416 e. The van der Waals surface area contributed by atoms with Gasteiger partial charge in [-0.05, 0) is 73.5 Å². The number of benzene rings is 2. The van der Waals surface area contributed by atoms with Crippen molar-refractivity contribution < 1.29 is 37.3 Å². The Morgan fingerprint density at radius 3 is 2.71 bits per heavy atom. The number of halogens is 3. The standard InChI is InChI=1S/C35H39F3N2O5/c1-5-16-39-17-15-33-30-24-10-11-27(44-22(4)41)31(30)45-32(33)26(13-14-34(33,43)28(39)19-24)40(20-21(2)3)29(42)12-9-23-7-6-8-25(18-23)35(36,37)38/h5-12,18,21,26,28,32,43H,1,13-17,19-20H2,2-4H3/t26-,28+,32-,33-,34+/m0/s1. The molecule has 2 fully saturated rings. The molecule has 0 unspecified atom stereocenters. The van der Waals surface area contributed by atoms with Crippen LogP contribution in [-0.4, -0.2) is 70.2 Å². The molecule has 2 heterocycles. The van der Waals surface area contributed by atoms with Crippen LogP contribution < -0.4 is 9.47 Å². The normalized spacial score (nSPS) is 28.5. The van der Waals surface area contributed by atoms with Crippen LogP contribution in [0.2, 0.25) is 0 Å². The first-order valence-electron chi connectivity index (χ1n) is 15.5. The number of hydrogen-bond donors (Lipinski definition) is 1. The van der Waals surface area contributed by atoms with E-state index in [-0.39, 0.29) is 23.4 Å². The average Bonchev–Trinajstić information content (AvgIpc) is 3.32. The third-order valence-corrected chi connectivity index (χ3v) is 10.0. The van der Waals surface area contributed by atoms with E-state index < -0.39 is 40.9 Å². The fraction of sp³-hybridized carbons (Fsp3) is 0.486.